The molecular weight excluding hydrogens is 176 g/mol. The Balaban J connectivity index is 2.30. The Morgan fingerprint density at radius 2 is 2.14 bits per heavy atom. The lowest BCUT2D eigenvalue weighted by Crippen LogP contribution is -2.60. The average Bonchev–Trinajstić information content (AvgIpc) is 2.12. The third kappa shape index (κ3) is 2.47. The van der Waals surface area contributed by atoms with Gasteiger partial charge in [-0.25, -0.2) is 0 Å². The zero-order chi connectivity index (χ0) is 10.6. The van der Waals surface area contributed by atoms with E-state index in [0.29, 0.717) is 5.54 Å². The molecule has 0 aromatic heterocycles. The molecule has 2 N–H and O–H groups in total. The average molecular weight is 200 g/mol. The molecule has 0 saturated heterocycles. The van der Waals surface area contributed by atoms with E-state index in [1.54, 1.807) is 7.11 Å². The van der Waals surface area contributed by atoms with Crippen molar-refractivity contribution >= 4 is 0 Å². The van der Waals surface area contributed by atoms with Crippen LogP contribution < -0.4 is 5.73 Å². The fraction of sp³-hybridized carbons (Fsp3) is 1.00. The zero-order valence-corrected chi connectivity index (χ0v) is 9.75. The first-order valence-corrected chi connectivity index (χ1v) is 5.55. The van der Waals surface area contributed by atoms with E-state index in [9.17, 15) is 0 Å². The van der Waals surface area contributed by atoms with Gasteiger partial charge in [0.2, 0.25) is 0 Å². The number of nitrogens with two attached hydrogens (primary N) is 1. The van der Waals surface area contributed by atoms with Gasteiger partial charge in [-0.05, 0) is 32.2 Å². The Bertz CT molecular complexity index is 167. The lowest BCUT2D eigenvalue weighted by molar-refractivity contribution is 0.00161. The van der Waals surface area contributed by atoms with Crippen molar-refractivity contribution in [2.75, 3.05) is 33.9 Å². The maximum Gasteiger partial charge on any atom is 0.0474 e. The molecule has 14 heavy (non-hydrogen) atoms. The van der Waals surface area contributed by atoms with Crippen molar-refractivity contribution < 1.29 is 4.74 Å². The van der Waals surface area contributed by atoms with E-state index in [2.05, 4.69) is 18.9 Å². The highest BCUT2D eigenvalue weighted by molar-refractivity contribution is 5.01. The summed E-state index contributed by atoms with van der Waals surface area (Å²) in [6.45, 7) is 5.04. The molecule has 1 saturated carbocycles. The van der Waals surface area contributed by atoms with Crippen LogP contribution in [0.1, 0.15) is 26.2 Å². The summed E-state index contributed by atoms with van der Waals surface area (Å²) in [5, 5.41) is 0. The van der Waals surface area contributed by atoms with Crippen molar-refractivity contribution in [2.45, 2.75) is 31.7 Å². The summed E-state index contributed by atoms with van der Waals surface area (Å²) in [6, 6.07) is 0. The molecule has 1 rings (SSSR count). The van der Waals surface area contributed by atoms with E-state index in [4.69, 9.17) is 10.5 Å². The number of methoxy groups -OCH3 is 1. The van der Waals surface area contributed by atoms with Crippen LogP contribution in [0.5, 0.6) is 0 Å². The molecule has 0 aromatic carbocycles. The maximum atomic E-state index is 5.86. The molecule has 0 unspecified atom stereocenters. The van der Waals surface area contributed by atoms with Gasteiger partial charge in [-0.15, -0.1) is 0 Å². The summed E-state index contributed by atoms with van der Waals surface area (Å²) in [5.74, 6) is 0.850. The number of rotatable bonds is 6. The minimum Gasteiger partial charge on any atom is -0.385 e. The molecule has 0 aliphatic heterocycles. The number of hydrogen-bond donors (Lipinski definition) is 1. The van der Waals surface area contributed by atoms with E-state index in [1.807, 2.05) is 0 Å². The molecule has 0 spiro atoms. The van der Waals surface area contributed by atoms with Gasteiger partial charge in [0.25, 0.3) is 0 Å². The summed E-state index contributed by atoms with van der Waals surface area (Å²) in [6.07, 6.45) is 3.61. The Morgan fingerprint density at radius 1 is 1.50 bits per heavy atom. The van der Waals surface area contributed by atoms with Gasteiger partial charge in [-0.1, -0.05) is 6.92 Å². The first-order valence-electron chi connectivity index (χ1n) is 5.55. The van der Waals surface area contributed by atoms with Crippen LogP contribution in [0.2, 0.25) is 0 Å². The van der Waals surface area contributed by atoms with Crippen LogP contribution in [-0.2, 0) is 4.74 Å². The lowest BCUT2D eigenvalue weighted by atomic mass is 9.68. The molecular formula is C11H24N2O. The van der Waals surface area contributed by atoms with Gasteiger partial charge >= 0.3 is 0 Å². The van der Waals surface area contributed by atoms with Crippen LogP contribution in [0.15, 0.2) is 0 Å². The minimum absolute atomic E-state index is 0.299. The predicted octanol–water partition coefficient (Wildman–Crippen LogP) is 1.08. The summed E-state index contributed by atoms with van der Waals surface area (Å²) >= 11 is 0. The van der Waals surface area contributed by atoms with Crippen molar-refractivity contribution in [1.82, 2.24) is 4.90 Å². The minimum atomic E-state index is 0.299. The molecule has 0 bridgehead atoms. The normalized spacial score (nSPS) is 31.9. The van der Waals surface area contributed by atoms with Crippen LogP contribution in [0, 0.1) is 5.92 Å². The monoisotopic (exact) mass is 200 g/mol. The molecule has 84 valence electrons. The maximum absolute atomic E-state index is 5.86. The molecule has 1 fully saturated rings. The second-order valence-corrected chi connectivity index (χ2v) is 4.71. The molecule has 1 aliphatic rings. The topological polar surface area (TPSA) is 38.5 Å². The Hall–Kier alpha value is -0.120. The standard InChI is InChI=1S/C11H24N2O/c1-10-7-11(8-10,9-12)13(2)5-4-6-14-3/h10H,4-9,12H2,1-3H3. The first-order chi connectivity index (χ1) is 6.64. The zero-order valence-electron chi connectivity index (χ0n) is 9.75. The highest BCUT2D eigenvalue weighted by Crippen LogP contribution is 2.40. The Labute approximate surface area is 87.6 Å². The molecule has 1 aliphatic carbocycles. The van der Waals surface area contributed by atoms with Crippen LogP contribution >= 0.6 is 0 Å². The molecule has 0 radical (unpaired) electrons. The predicted molar refractivity (Wildman–Crippen MR) is 59.3 cm³/mol. The smallest absolute Gasteiger partial charge is 0.0474 e. The number of hydrogen-bond acceptors (Lipinski definition) is 3. The van der Waals surface area contributed by atoms with E-state index < -0.39 is 0 Å². The molecule has 0 heterocycles. The van der Waals surface area contributed by atoms with E-state index >= 15 is 0 Å². The fourth-order valence-electron chi connectivity index (χ4n) is 2.55. The third-order valence-corrected chi connectivity index (χ3v) is 3.49. The van der Waals surface area contributed by atoms with Crippen molar-refractivity contribution in [2.24, 2.45) is 11.7 Å². The van der Waals surface area contributed by atoms with Crippen LogP contribution in [0.3, 0.4) is 0 Å². The summed E-state index contributed by atoms with van der Waals surface area (Å²) in [7, 11) is 3.94. The van der Waals surface area contributed by atoms with E-state index in [1.165, 1.54) is 12.8 Å². The second kappa shape index (κ2) is 5.10. The molecule has 0 amide bonds. The van der Waals surface area contributed by atoms with Crippen LogP contribution in [-0.4, -0.2) is 44.3 Å². The van der Waals surface area contributed by atoms with Crippen molar-refractivity contribution in [1.29, 1.82) is 0 Å². The van der Waals surface area contributed by atoms with Gasteiger partial charge in [0.1, 0.15) is 0 Å². The largest absolute Gasteiger partial charge is 0.385 e. The van der Waals surface area contributed by atoms with Gasteiger partial charge in [-0.3, -0.25) is 4.90 Å². The Morgan fingerprint density at radius 3 is 2.57 bits per heavy atom. The quantitative estimate of drug-likeness (QED) is 0.652. The summed E-state index contributed by atoms with van der Waals surface area (Å²) < 4.78 is 5.05. The van der Waals surface area contributed by atoms with Crippen LogP contribution in [0.4, 0.5) is 0 Å². The summed E-state index contributed by atoms with van der Waals surface area (Å²) in [4.78, 5) is 2.42. The van der Waals surface area contributed by atoms with Gasteiger partial charge < -0.3 is 10.5 Å². The molecule has 0 atom stereocenters. The first kappa shape index (κ1) is 12.0. The van der Waals surface area contributed by atoms with E-state index in [0.717, 1.165) is 32.0 Å². The highest BCUT2D eigenvalue weighted by Gasteiger charge is 2.43. The third-order valence-electron chi connectivity index (χ3n) is 3.49. The molecule has 0 aromatic rings. The highest BCUT2D eigenvalue weighted by atomic mass is 16.5. The van der Waals surface area contributed by atoms with Crippen molar-refractivity contribution in [3.05, 3.63) is 0 Å². The molecule has 3 heteroatoms. The second-order valence-electron chi connectivity index (χ2n) is 4.71. The van der Waals surface area contributed by atoms with Crippen molar-refractivity contribution in [3.63, 3.8) is 0 Å². The fourth-order valence-corrected chi connectivity index (χ4v) is 2.55. The van der Waals surface area contributed by atoms with Gasteiger partial charge in [0, 0.05) is 32.3 Å². The lowest BCUT2D eigenvalue weighted by Gasteiger charge is -2.52. The van der Waals surface area contributed by atoms with Crippen LogP contribution in [0.25, 0.3) is 0 Å². The summed E-state index contributed by atoms with van der Waals surface area (Å²) in [5.41, 5.74) is 6.16. The number of likely N-dealkylation sites (N-methyl/N-ethyl adjacent to an activating group) is 1. The van der Waals surface area contributed by atoms with Gasteiger partial charge in [0.15, 0.2) is 0 Å². The molecule has 3 nitrogen and oxygen atoms in total. The Kier molecular flexibility index (Phi) is 4.35. The van der Waals surface area contributed by atoms with E-state index in [-0.39, 0.29) is 0 Å². The van der Waals surface area contributed by atoms with Gasteiger partial charge in [0.05, 0.1) is 0 Å². The van der Waals surface area contributed by atoms with Gasteiger partial charge in [-0.2, -0.15) is 0 Å². The van der Waals surface area contributed by atoms with Crippen molar-refractivity contribution in [3.8, 4) is 0 Å². The number of ether oxygens (including phenoxy) is 1. The number of nitrogens with zero attached hydrogens (tertiary/aromatic N) is 1. The SMILES string of the molecule is COCCCN(C)C1(CN)CC(C)C1.